The lowest BCUT2D eigenvalue weighted by Gasteiger charge is -2.25. The number of hydrogen-bond donors (Lipinski definition) is 0. The lowest BCUT2D eigenvalue weighted by molar-refractivity contribution is 0.357. The van der Waals surface area contributed by atoms with Crippen LogP contribution in [-0.4, -0.2) is 18.0 Å². The highest BCUT2D eigenvalue weighted by molar-refractivity contribution is 5.28. The molecular weight excluding hydrogens is 182 g/mol. The molecule has 2 unspecified atom stereocenters. The molecule has 0 aromatic rings. The first-order valence-electron chi connectivity index (χ1n) is 6.05. The van der Waals surface area contributed by atoms with E-state index in [0.717, 1.165) is 0 Å². The Bertz CT molecular complexity index is 248. The number of likely N-dealkylation sites (N-methyl/N-ethyl adjacent to an activating group) is 1. The summed E-state index contributed by atoms with van der Waals surface area (Å²) in [6.45, 7) is 10.2. The van der Waals surface area contributed by atoms with E-state index in [4.69, 9.17) is 0 Å². The summed E-state index contributed by atoms with van der Waals surface area (Å²) >= 11 is 0. The lowest BCUT2D eigenvalue weighted by atomic mass is 9.97. The second-order valence-corrected chi connectivity index (χ2v) is 3.26. The molecule has 1 nitrogen and oxygen atoms in total. The second-order valence-electron chi connectivity index (χ2n) is 3.26. The van der Waals surface area contributed by atoms with Crippen LogP contribution in [-0.2, 0) is 0 Å². The van der Waals surface area contributed by atoms with E-state index in [-0.39, 0.29) is 0 Å². The van der Waals surface area contributed by atoms with Crippen molar-refractivity contribution >= 4 is 0 Å². The molecule has 2 aliphatic rings. The summed E-state index contributed by atoms with van der Waals surface area (Å²) in [5.41, 5.74) is 1.39. The van der Waals surface area contributed by atoms with Crippen LogP contribution in [0.2, 0.25) is 0 Å². The highest BCUT2D eigenvalue weighted by Gasteiger charge is 2.26. The zero-order chi connectivity index (χ0) is 11.8. The number of nitrogens with zero attached hydrogens (tertiary/aromatic N) is 1. The third kappa shape index (κ3) is 3.26. The third-order valence-corrected chi connectivity index (χ3v) is 2.58. The van der Waals surface area contributed by atoms with E-state index in [1.54, 1.807) is 0 Å². The van der Waals surface area contributed by atoms with Gasteiger partial charge in [0, 0.05) is 18.7 Å². The van der Waals surface area contributed by atoms with Gasteiger partial charge < -0.3 is 4.90 Å². The van der Waals surface area contributed by atoms with Crippen LogP contribution >= 0.6 is 0 Å². The Kier molecular flexibility index (Phi) is 6.85. The van der Waals surface area contributed by atoms with Gasteiger partial charge in [0.25, 0.3) is 0 Å². The molecule has 2 rings (SSSR count). The molecule has 86 valence electrons. The largest absolute Gasteiger partial charge is 0.371 e. The van der Waals surface area contributed by atoms with Crippen molar-refractivity contribution < 1.29 is 0 Å². The first-order valence-corrected chi connectivity index (χ1v) is 6.05. The van der Waals surface area contributed by atoms with E-state index in [9.17, 15) is 0 Å². The highest BCUT2D eigenvalue weighted by atomic mass is 15.2. The average Bonchev–Trinajstić information content (AvgIpc) is 2.61. The molecule has 0 saturated heterocycles. The number of rotatable bonds is 0. The number of allylic oxidation sites excluding steroid dienone is 3. The maximum Gasteiger partial charge on any atom is 0.0567 e. The van der Waals surface area contributed by atoms with Gasteiger partial charge in [-0.25, -0.2) is 0 Å². The maximum absolute atomic E-state index is 2.32. The topological polar surface area (TPSA) is 3.24 Å². The fraction of sp³-hybridized carbons (Fsp3) is 0.571. The molecule has 2 atom stereocenters. The van der Waals surface area contributed by atoms with Crippen molar-refractivity contribution in [1.29, 1.82) is 0 Å². The van der Waals surface area contributed by atoms with Crippen LogP contribution in [0, 0.1) is 5.92 Å². The minimum Gasteiger partial charge on any atom is -0.371 e. The Balaban J connectivity index is 0.000000442. The summed E-state index contributed by atoms with van der Waals surface area (Å²) < 4.78 is 0. The molecule has 0 amide bonds. The van der Waals surface area contributed by atoms with Gasteiger partial charge in [-0.1, -0.05) is 58.1 Å². The standard InChI is InChI=1S/C10H13N.2C2H6/c1-8-7-9-5-3-4-6-10(9)11(8)2;2*1-2/h3-7,9-10H,1-2H3;2*1-2H3. The Morgan fingerprint density at radius 3 is 2.07 bits per heavy atom. The summed E-state index contributed by atoms with van der Waals surface area (Å²) in [7, 11) is 2.15. The Hall–Kier alpha value is -0.980. The van der Waals surface area contributed by atoms with Crippen molar-refractivity contribution in [1.82, 2.24) is 4.90 Å². The summed E-state index contributed by atoms with van der Waals surface area (Å²) in [5, 5.41) is 0. The molecule has 0 N–H and O–H groups in total. The van der Waals surface area contributed by atoms with Crippen LogP contribution in [0.1, 0.15) is 34.6 Å². The number of fused-ring (bicyclic) bond motifs is 1. The normalized spacial score (nSPS) is 25.7. The van der Waals surface area contributed by atoms with Crippen molar-refractivity contribution in [2.45, 2.75) is 40.7 Å². The molecular formula is C14H25N. The predicted octanol–water partition coefficient (Wildman–Crippen LogP) is 4.00. The van der Waals surface area contributed by atoms with E-state index in [2.05, 4.69) is 49.3 Å². The van der Waals surface area contributed by atoms with Gasteiger partial charge in [-0.15, -0.1) is 0 Å². The SMILES string of the molecule is CC.CC.CC1=CC2C=CC=CC2N1C. The summed E-state index contributed by atoms with van der Waals surface area (Å²) in [6, 6.07) is 0.583. The van der Waals surface area contributed by atoms with Crippen LogP contribution in [0.15, 0.2) is 36.1 Å². The first kappa shape index (κ1) is 14.0. The maximum atomic E-state index is 2.32. The average molecular weight is 207 g/mol. The van der Waals surface area contributed by atoms with Crippen LogP contribution in [0.4, 0.5) is 0 Å². The van der Waals surface area contributed by atoms with Gasteiger partial charge >= 0.3 is 0 Å². The minimum absolute atomic E-state index is 0.583. The van der Waals surface area contributed by atoms with Gasteiger partial charge in [0.15, 0.2) is 0 Å². The van der Waals surface area contributed by atoms with Crippen LogP contribution in [0.25, 0.3) is 0 Å². The molecule has 0 radical (unpaired) electrons. The third-order valence-electron chi connectivity index (χ3n) is 2.58. The molecule has 1 aliphatic carbocycles. The van der Waals surface area contributed by atoms with E-state index >= 15 is 0 Å². The van der Waals surface area contributed by atoms with Crippen molar-refractivity contribution in [2.75, 3.05) is 7.05 Å². The lowest BCUT2D eigenvalue weighted by Crippen LogP contribution is -2.28. The zero-order valence-electron chi connectivity index (χ0n) is 11.0. The van der Waals surface area contributed by atoms with Gasteiger partial charge in [0.2, 0.25) is 0 Å². The predicted molar refractivity (Wildman–Crippen MR) is 69.8 cm³/mol. The van der Waals surface area contributed by atoms with Crippen molar-refractivity contribution in [3.63, 3.8) is 0 Å². The van der Waals surface area contributed by atoms with Gasteiger partial charge in [0.1, 0.15) is 0 Å². The molecule has 0 spiro atoms. The number of hydrogen-bond acceptors (Lipinski definition) is 1. The fourth-order valence-electron chi connectivity index (χ4n) is 1.79. The van der Waals surface area contributed by atoms with E-state index in [0.29, 0.717) is 12.0 Å². The van der Waals surface area contributed by atoms with Gasteiger partial charge in [-0.2, -0.15) is 0 Å². The van der Waals surface area contributed by atoms with Crippen LogP contribution < -0.4 is 0 Å². The van der Waals surface area contributed by atoms with E-state index in [1.807, 2.05) is 27.7 Å². The van der Waals surface area contributed by atoms with Crippen molar-refractivity contribution in [3.05, 3.63) is 36.1 Å². The second kappa shape index (κ2) is 7.33. The molecule has 0 bridgehead atoms. The molecule has 0 fully saturated rings. The minimum atomic E-state index is 0.583. The van der Waals surface area contributed by atoms with Crippen LogP contribution in [0.5, 0.6) is 0 Å². The molecule has 1 aliphatic heterocycles. The summed E-state index contributed by atoms with van der Waals surface area (Å²) in [4.78, 5) is 2.32. The molecule has 1 heteroatoms. The van der Waals surface area contributed by atoms with Gasteiger partial charge in [-0.05, 0) is 6.92 Å². The smallest absolute Gasteiger partial charge is 0.0567 e. The highest BCUT2D eigenvalue weighted by Crippen LogP contribution is 2.29. The molecule has 0 aromatic carbocycles. The molecule has 15 heavy (non-hydrogen) atoms. The fourth-order valence-corrected chi connectivity index (χ4v) is 1.79. The summed E-state index contributed by atoms with van der Waals surface area (Å²) in [6.07, 6.45) is 11.1. The van der Waals surface area contributed by atoms with Crippen LogP contribution in [0.3, 0.4) is 0 Å². The van der Waals surface area contributed by atoms with Gasteiger partial charge in [-0.3, -0.25) is 0 Å². The zero-order valence-corrected chi connectivity index (χ0v) is 11.0. The first-order chi connectivity index (χ1) is 7.29. The Morgan fingerprint density at radius 2 is 1.53 bits per heavy atom. The summed E-state index contributed by atoms with van der Waals surface area (Å²) in [5.74, 6) is 0.616. The molecule has 0 aromatic heterocycles. The van der Waals surface area contributed by atoms with E-state index in [1.165, 1.54) is 5.70 Å². The molecule has 1 heterocycles. The Morgan fingerprint density at radius 1 is 1.00 bits per heavy atom. The quantitative estimate of drug-likeness (QED) is 0.580. The van der Waals surface area contributed by atoms with E-state index < -0.39 is 0 Å². The monoisotopic (exact) mass is 207 g/mol. The Labute approximate surface area is 95.2 Å². The van der Waals surface area contributed by atoms with Crippen molar-refractivity contribution in [2.24, 2.45) is 5.92 Å². The van der Waals surface area contributed by atoms with Gasteiger partial charge in [0.05, 0.1) is 6.04 Å². The van der Waals surface area contributed by atoms with Crippen molar-refractivity contribution in [3.8, 4) is 0 Å². The molecule has 0 saturated carbocycles.